The van der Waals surface area contributed by atoms with Gasteiger partial charge in [0.05, 0.1) is 0 Å². The van der Waals surface area contributed by atoms with Crippen LogP contribution in [0.25, 0.3) is 0 Å². The van der Waals surface area contributed by atoms with Gasteiger partial charge in [0, 0.05) is 23.2 Å². The molecule has 0 radical (unpaired) electrons. The van der Waals surface area contributed by atoms with E-state index in [1.165, 1.54) is 0 Å². The Hall–Kier alpha value is -1.84. The van der Waals surface area contributed by atoms with E-state index < -0.39 is 0 Å². The number of carbonyl (C=O) groups excluding carboxylic acids is 2. The molecule has 0 unspecified atom stereocenters. The van der Waals surface area contributed by atoms with Crippen LogP contribution in [-0.2, 0) is 15.0 Å². The van der Waals surface area contributed by atoms with Crippen LogP contribution in [0.4, 0.5) is 11.4 Å². The van der Waals surface area contributed by atoms with Crippen LogP contribution >= 0.6 is 0 Å². The molecule has 2 N–H and O–H groups in total. The van der Waals surface area contributed by atoms with E-state index in [2.05, 4.69) is 10.6 Å². The van der Waals surface area contributed by atoms with Crippen molar-refractivity contribution >= 4 is 23.7 Å². The van der Waals surface area contributed by atoms with Crippen molar-refractivity contribution in [3.8, 4) is 0 Å². The highest BCUT2D eigenvalue weighted by molar-refractivity contribution is 5.96. The van der Waals surface area contributed by atoms with Crippen molar-refractivity contribution in [1.29, 1.82) is 0 Å². The number of rotatable bonds is 2. The van der Waals surface area contributed by atoms with Crippen LogP contribution in [0.15, 0.2) is 18.2 Å². The van der Waals surface area contributed by atoms with Crippen LogP contribution in [-0.4, -0.2) is 12.3 Å². The molecule has 1 heterocycles. The summed E-state index contributed by atoms with van der Waals surface area (Å²) in [7, 11) is 0. The molecule has 2 amide bonds. The molecule has 4 heteroatoms. The van der Waals surface area contributed by atoms with E-state index in [1.807, 2.05) is 26.0 Å². The minimum Gasteiger partial charge on any atom is -0.329 e. The highest BCUT2D eigenvalue weighted by atomic mass is 16.1. The van der Waals surface area contributed by atoms with Crippen LogP contribution in [0.5, 0.6) is 0 Å². The first-order chi connectivity index (χ1) is 7.53. The van der Waals surface area contributed by atoms with E-state index in [1.54, 1.807) is 6.07 Å². The minimum absolute atomic E-state index is 0.0146. The zero-order valence-corrected chi connectivity index (χ0v) is 9.33. The smallest absolute Gasteiger partial charge is 0.225 e. The molecule has 1 aromatic carbocycles. The number of benzene rings is 1. The van der Waals surface area contributed by atoms with Gasteiger partial charge in [0.2, 0.25) is 12.3 Å². The Morgan fingerprint density at radius 2 is 2.19 bits per heavy atom. The van der Waals surface area contributed by atoms with Crippen LogP contribution < -0.4 is 10.6 Å². The molecule has 1 aromatic rings. The fourth-order valence-electron chi connectivity index (χ4n) is 2.09. The standard InChI is InChI=1S/C12H14N2O2/c1-12(2)6-11(16)14-10-5-8(13-7-15)3-4-9(10)12/h3-5,7H,6H2,1-2H3,(H,13,15)(H,14,16). The third-order valence-corrected chi connectivity index (χ3v) is 2.85. The molecule has 1 aliphatic rings. The van der Waals surface area contributed by atoms with E-state index in [9.17, 15) is 9.59 Å². The summed E-state index contributed by atoms with van der Waals surface area (Å²) in [4.78, 5) is 21.8. The van der Waals surface area contributed by atoms with Gasteiger partial charge >= 0.3 is 0 Å². The fourth-order valence-corrected chi connectivity index (χ4v) is 2.09. The van der Waals surface area contributed by atoms with E-state index >= 15 is 0 Å². The number of amides is 2. The van der Waals surface area contributed by atoms with Crippen LogP contribution in [0.2, 0.25) is 0 Å². The maximum Gasteiger partial charge on any atom is 0.225 e. The molecule has 0 saturated carbocycles. The van der Waals surface area contributed by atoms with Crippen molar-refractivity contribution in [3.63, 3.8) is 0 Å². The van der Waals surface area contributed by atoms with Gasteiger partial charge in [0.1, 0.15) is 0 Å². The number of anilines is 2. The Labute approximate surface area is 94.0 Å². The average Bonchev–Trinajstić information content (AvgIpc) is 2.15. The SMILES string of the molecule is CC1(C)CC(=O)Nc2cc(NC=O)ccc21. The van der Waals surface area contributed by atoms with Crippen LogP contribution in [0.3, 0.4) is 0 Å². The molecule has 0 atom stereocenters. The van der Waals surface area contributed by atoms with E-state index in [0.717, 1.165) is 11.3 Å². The average molecular weight is 218 g/mol. The predicted octanol–water partition coefficient (Wildman–Crippen LogP) is 1.87. The minimum atomic E-state index is -0.155. The van der Waals surface area contributed by atoms with Crippen LogP contribution in [0, 0.1) is 0 Å². The quantitative estimate of drug-likeness (QED) is 0.744. The third-order valence-electron chi connectivity index (χ3n) is 2.85. The van der Waals surface area contributed by atoms with Crippen molar-refractivity contribution in [2.45, 2.75) is 25.7 Å². The Balaban J connectivity index is 2.46. The summed E-state index contributed by atoms with van der Waals surface area (Å²) in [5.74, 6) is 0.0146. The lowest BCUT2D eigenvalue weighted by Crippen LogP contribution is -2.32. The molecule has 0 fully saturated rings. The molecule has 4 nitrogen and oxygen atoms in total. The van der Waals surface area contributed by atoms with Gasteiger partial charge < -0.3 is 10.6 Å². The Kier molecular flexibility index (Phi) is 2.42. The van der Waals surface area contributed by atoms with Gasteiger partial charge in [-0.1, -0.05) is 19.9 Å². The van der Waals surface area contributed by atoms with Gasteiger partial charge in [-0.2, -0.15) is 0 Å². The van der Waals surface area contributed by atoms with Gasteiger partial charge in [0.25, 0.3) is 0 Å². The summed E-state index contributed by atoms with van der Waals surface area (Å²) in [6.45, 7) is 4.08. The van der Waals surface area contributed by atoms with Gasteiger partial charge in [-0.05, 0) is 17.7 Å². The number of fused-ring (bicyclic) bond motifs is 1. The lowest BCUT2D eigenvalue weighted by atomic mass is 9.78. The van der Waals surface area contributed by atoms with Crippen molar-refractivity contribution in [3.05, 3.63) is 23.8 Å². The zero-order chi connectivity index (χ0) is 11.8. The van der Waals surface area contributed by atoms with Gasteiger partial charge in [0.15, 0.2) is 0 Å². The second-order valence-electron chi connectivity index (χ2n) is 4.63. The highest BCUT2D eigenvalue weighted by Crippen LogP contribution is 2.38. The first-order valence-corrected chi connectivity index (χ1v) is 5.17. The third kappa shape index (κ3) is 1.78. The summed E-state index contributed by atoms with van der Waals surface area (Å²) in [6.07, 6.45) is 1.11. The lowest BCUT2D eigenvalue weighted by Gasteiger charge is -2.32. The fraction of sp³-hybridized carbons (Fsp3) is 0.333. The highest BCUT2D eigenvalue weighted by Gasteiger charge is 2.31. The van der Waals surface area contributed by atoms with Crippen molar-refractivity contribution < 1.29 is 9.59 Å². The largest absolute Gasteiger partial charge is 0.329 e. The molecule has 0 aromatic heterocycles. The molecule has 16 heavy (non-hydrogen) atoms. The molecule has 0 aliphatic carbocycles. The number of hydrogen-bond acceptors (Lipinski definition) is 2. The molecular weight excluding hydrogens is 204 g/mol. The second kappa shape index (κ2) is 3.63. The maximum atomic E-state index is 11.5. The van der Waals surface area contributed by atoms with E-state index in [4.69, 9.17) is 0 Å². The van der Waals surface area contributed by atoms with Crippen molar-refractivity contribution in [2.75, 3.05) is 10.6 Å². The summed E-state index contributed by atoms with van der Waals surface area (Å²) >= 11 is 0. The second-order valence-corrected chi connectivity index (χ2v) is 4.63. The number of hydrogen-bond donors (Lipinski definition) is 2. The maximum absolute atomic E-state index is 11.5. The molecule has 84 valence electrons. The Morgan fingerprint density at radius 1 is 1.44 bits per heavy atom. The summed E-state index contributed by atoms with van der Waals surface area (Å²) in [5.41, 5.74) is 2.42. The summed E-state index contributed by atoms with van der Waals surface area (Å²) < 4.78 is 0. The van der Waals surface area contributed by atoms with E-state index in [0.29, 0.717) is 18.5 Å². The topological polar surface area (TPSA) is 58.2 Å². The number of carbonyl (C=O) groups is 2. The number of nitrogens with one attached hydrogen (secondary N) is 2. The van der Waals surface area contributed by atoms with E-state index in [-0.39, 0.29) is 11.3 Å². The molecular formula is C12H14N2O2. The Morgan fingerprint density at radius 3 is 2.88 bits per heavy atom. The van der Waals surface area contributed by atoms with Gasteiger partial charge in [-0.25, -0.2) is 0 Å². The van der Waals surface area contributed by atoms with Crippen LogP contribution in [0.1, 0.15) is 25.8 Å². The molecule has 1 aliphatic heterocycles. The predicted molar refractivity (Wildman–Crippen MR) is 62.4 cm³/mol. The molecule has 0 saturated heterocycles. The normalized spacial score (nSPS) is 17.2. The Bertz CT molecular complexity index is 452. The van der Waals surface area contributed by atoms with Crippen molar-refractivity contribution in [2.24, 2.45) is 0 Å². The molecule has 2 rings (SSSR count). The monoisotopic (exact) mass is 218 g/mol. The first-order valence-electron chi connectivity index (χ1n) is 5.17. The lowest BCUT2D eigenvalue weighted by molar-refractivity contribution is -0.117. The van der Waals surface area contributed by atoms with Crippen molar-refractivity contribution in [1.82, 2.24) is 0 Å². The zero-order valence-electron chi connectivity index (χ0n) is 9.33. The molecule has 0 bridgehead atoms. The summed E-state index contributed by atoms with van der Waals surface area (Å²) in [5, 5.41) is 5.39. The van der Waals surface area contributed by atoms with Gasteiger partial charge in [-0.15, -0.1) is 0 Å². The van der Waals surface area contributed by atoms with Gasteiger partial charge in [-0.3, -0.25) is 9.59 Å². The summed E-state index contributed by atoms with van der Waals surface area (Å²) in [6, 6.07) is 5.57. The first kappa shape index (κ1) is 10.7. The molecule has 0 spiro atoms.